The molecule has 1 aromatic heterocycles. The average molecular weight is 412 g/mol. The van der Waals surface area contributed by atoms with Crippen molar-refractivity contribution < 1.29 is 14.3 Å². The molecule has 1 N–H and O–H groups in total. The highest BCUT2D eigenvalue weighted by molar-refractivity contribution is 7.10. The quantitative estimate of drug-likeness (QED) is 0.765. The molecule has 2 aromatic rings. The normalized spacial score (nSPS) is 27.1. The fourth-order valence-electron chi connectivity index (χ4n) is 4.66. The fourth-order valence-corrected chi connectivity index (χ4v) is 5.57. The summed E-state index contributed by atoms with van der Waals surface area (Å²) in [7, 11) is 1.59. The van der Waals surface area contributed by atoms with E-state index in [1.165, 1.54) is 28.2 Å². The molecule has 1 saturated carbocycles. The van der Waals surface area contributed by atoms with Crippen molar-refractivity contribution in [2.24, 2.45) is 5.92 Å². The third kappa shape index (κ3) is 3.04. The molecule has 1 saturated heterocycles. The third-order valence-electron chi connectivity index (χ3n) is 6.43. The average Bonchev–Trinajstić information content (AvgIpc) is 3.41. The number of hydrogen-bond acceptors (Lipinski definition) is 5. The molecule has 0 spiro atoms. The number of hydrogen-bond donors (Lipinski definition) is 1. The second-order valence-corrected chi connectivity index (χ2v) is 9.31. The van der Waals surface area contributed by atoms with Crippen LogP contribution >= 0.6 is 11.3 Å². The number of thiophene rings is 1. The summed E-state index contributed by atoms with van der Waals surface area (Å²) in [6, 6.07) is 9.55. The minimum Gasteiger partial charge on any atom is -0.497 e. The maximum Gasteiger partial charge on any atom is 0.326 e. The lowest BCUT2D eigenvalue weighted by Crippen LogP contribution is -2.47. The summed E-state index contributed by atoms with van der Waals surface area (Å²) in [5.74, 6) is 1.09. The number of methoxy groups -OCH3 is 1. The molecule has 2 aliphatic heterocycles. The van der Waals surface area contributed by atoms with Gasteiger partial charge in [0.1, 0.15) is 11.3 Å². The van der Waals surface area contributed by atoms with Crippen molar-refractivity contribution in [3.63, 3.8) is 0 Å². The van der Waals surface area contributed by atoms with Crippen LogP contribution in [0.2, 0.25) is 0 Å². The van der Waals surface area contributed by atoms with Gasteiger partial charge in [-0.2, -0.15) is 0 Å². The first-order valence-corrected chi connectivity index (χ1v) is 11.0. The fraction of sp³-hybridized carbons (Fsp3) is 0.455. The number of amides is 3. The Labute approximate surface area is 174 Å². The summed E-state index contributed by atoms with van der Waals surface area (Å²) in [5.41, 5.74) is 1.05. The number of imide groups is 1. The second kappa shape index (κ2) is 6.85. The molecule has 7 heteroatoms. The van der Waals surface area contributed by atoms with Crippen LogP contribution < -0.4 is 10.1 Å². The van der Waals surface area contributed by atoms with Crippen molar-refractivity contribution in [2.75, 3.05) is 20.3 Å². The molecule has 2 atom stereocenters. The summed E-state index contributed by atoms with van der Waals surface area (Å²) < 4.78 is 5.30. The number of ether oxygens (including phenoxy) is 1. The number of urea groups is 1. The zero-order chi connectivity index (χ0) is 20.2. The highest BCUT2D eigenvalue weighted by Crippen LogP contribution is 2.48. The van der Waals surface area contributed by atoms with E-state index in [2.05, 4.69) is 21.7 Å². The molecule has 3 heterocycles. The Morgan fingerprint density at radius 3 is 2.86 bits per heavy atom. The van der Waals surface area contributed by atoms with Gasteiger partial charge in [-0.3, -0.25) is 9.69 Å². The highest BCUT2D eigenvalue weighted by atomic mass is 32.1. The van der Waals surface area contributed by atoms with Crippen LogP contribution in [-0.4, -0.2) is 42.1 Å². The molecule has 5 rings (SSSR count). The van der Waals surface area contributed by atoms with Crippen LogP contribution in [0.3, 0.4) is 0 Å². The van der Waals surface area contributed by atoms with E-state index in [-0.39, 0.29) is 11.9 Å². The van der Waals surface area contributed by atoms with Crippen molar-refractivity contribution in [2.45, 2.75) is 37.8 Å². The molecule has 0 radical (unpaired) electrons. The van der Waals surface area contributed by atoms with Gasteiger partial charge >= 0.3 is 6.03 Å². The molecule has 0 unspecified atom stereocenters. The number of carbonyl (C=O) groups is 2. The number of benzene rings is 1. The Morgan fingerprint density at radius 2 is 2.10 bits per heavy atom. The number of fused-ring (bicyclic) bond motifs is 1. The van der Waals surface area contributed by atoms with Crippen LogP contribution in [0.1, 0.15) is 41.8 Å². The summed E-state index contributed by atoms with van der Waals surface area (Å²) >= 11 is 1.82. The van der Waals surface area contributed by atoms with Crippen molar-refractivity contribution >= 4 is 23.3 Å². The third-order valence-corrected chi connectivity index (χ3v) is 7.43. The van der Waals surface area contributed by atoms with Gasteiger partial charge in [0, 0.05) is 17.5 Å². The molecule has 6 nitrogen and oxygen atoms in total. The minimum absolute atomic E-state index is 0.207. The number of carbonyl (C=O) groups excluding carboxylic acids is 2. The Balaban J connectivity index is 1.40. The lowest BCUT2D eigenvalue weighted by Gasteiger charge is -2.37. The van der Waals surface area contributed by atoms with E-state index in [1.807, 2.05) is 35.6 Å². The maximum atomic E-state index is 13.4. The van der Waals surface area contributed by atoms with Crippen molar-refractivity contribution in [3.05, 3.63) is 51.7 Å². The van der Waals surface area contributed by atoms with Gasteiger partial charge in [0.2, 0.25) is 0 Å². The SMILES string of the molecule is COc1cccc([C@]2(C)NC(=O)N(CN3CCc4sccc4[C@@H]3C3CC3)C2=O)c1. The van der Waals surface area contributed by atoms with Gasteiger partial charge in [0.05, 0.1) is 13.8 Å². The minimum atomic E-state index is -1.08. The van der Waals surface area contributed by atoms with E-state index in [9.17, 15) is 9.59 Å². The highest BCUT2D eigenvalue weighted by Gasteiger charge is 2.51. The summed E-state index contributed by atoms with van der Waals surface area (Å²) in [5, 5.41) is 5.08. The van der Waals surface area contributed by atoms with Crippen molar-refractivity contribution in [1.29, 1.82) is 0 Å². The molecular weight excluding hydrogens is 386 g/mol. The predicted octanol–water partition coefficient (Wildman–Crippen LogP) is 3.49. The van der Waals surface area contributed by atoms with Gasteiger partial charge in [-0.05, 0) is 66.8 Å². The van der Waals surface area contributed by atoms with E-state index in [1.54, 1.807) is 14.0 Å². The molecule has 152 valence electrons. The molecular formula is C22H25N3O3S. The molecule has 3 amide bonds. The number of nitrogens with zero attached hydrogens (tertiary/aromatic N) is 2. The number of nitrogens with one attached hydrogen (secondary N) is 1. The lowest BCUT2D eigenvalue weighted by molar-refractivity contribution is -0.133. The Bertz CT molecular complexity index is 970. The monoisotopic (exact) mass is 411 g/mol. The van der Waals surface area contributed by atoms with Crippen molar-refractivity contribution in [3.8, 4) is 5.75 Å². The first-order valence-electron chi connectivity index (χ1n) is 10.1. The first-order chi connectivity index (χ1) is 14.0. The summed E-state index contributed by atoms with van der Waals surface area (Å²) in [6.45, 7) is 2.98. The molecule has 0 bridgehead atoms. The van der Waals surface area contributed by atoms with E-state index in [4.69, 9.17) is 4.74 Å². The van der Waals surface area contributed by atoms with E-state index < -0.39 is 5.54 Å². The van der Waals surface area contributed by atoms with Gasteiger partial charge in [-0.1, -0.05) is 12.1 Å². The Kier molecular flexibility index (Phi) is 4.40. The molecule has 29 heavy (non-hydrogen) atoms. The van der Waals surface area contributed by atoms with Gasteiger partial charge in [-0.15, -0.1) is 11.3 Å². The van der Waals surface area contributed by atoms with Crippen LogP contribution in [-0.2, 0) is 16.8 Å². The van der Waals surface area contributed by atoms with Gasteiger partial charge in [-0.25, -0.2) is 9.69 Å². The van der Waals surface area contributed by atoms with Crippen LogP contribution in [0.5, 0.6) is 5.75 Å². The van der Waals surface area contributed by atoms with Gasteiger partial charge < -0.3 is 10.1 Å². The number of rotatable bonds is 5. The van der Waals surface area contributed by atoms with E-state index in [0.717, 1.165) is 18.5 Å². The smallest absolute Gasteiger partial charge is 0.326 e. The van der Waals surface area contributed by atoms with E-state index in [0.29, 0.717) is 24.4 Å². The first kappa shape index (κ1) is 18.6. The molecule has 1 aliphatic carbocycles. The van der Waals surface area contributed by atoms with Crippen LogP contribution in [0.25, 0.3) is 0 Å². The van der Waals surface area contributed by atoms with E-state index >= 15 is 0 Å². The lowest BCUT2D eigenvalue weighted by atomic mass is 9.92. The maximum absolute atomic E-state index is 13.4. The van der Waals surface area contributed by atoms with Crippen molar-refractivity contribution in [1.82, 2.24) is 15.1 Å². The van der Waals surface area contributed by atoms with Crippen LogP contribution in [0.15, 0.2) is 35.7 Å². The Hall–Kier alpha value is -2.38. The molecule has 1 aromatic carbocycles. The molecule has 3 aliphatic rings. The van der Waals surface area contributed by atoms with Gasteiger partial charge in [0.25, 0.3) is 5.91 Å². The predicted molar refractivity (Wildman–Crippen MR) is 111 cm³/mol. The topological polar surface area (TPSA) is 61.9 Å². The zero-order valence-corrected chi connectivity index (χ0v) is 17.5. The standard InChI is InChI=1S/C22H25N3O3S/c1-22(15-4-3-5-16(12-15)28-2)20(26)25(21(27)23-22)13-24-10-8-18-17(9-11-29-18)19(24)14-6-7-14/h3-5,9,11-12,14,19H,6-8,10,13H2,1-2H3,(H,23,27)/t19-,22-/m0/s1. The van der Waals surface area contributed by atoms with Crippen LogP contribution in [0, 0.1) is 5.92 Å². The molecule has 2 fully saturated rings. The van der Waals surface area contributed by atoms with Crippen LogP contribution in [0.4, 0.5) is 4.79 Å². The summed E-state index contributed by atoms with van der Waals surface area (Å²) in [6.07, 6.45) is 3.42. The zero-order valence-electron chi connectivity index (χ0n) is 16.7. The largest absolute Gasteiger partial charge is 0.497 e. The second-order valence-electron chi connectivity index (χ2n) is 8.31. The van der Waals surface area contributed by atoms with Gasteiger partial charge in [0.15, 0.2) is 0 Å². The summed E-state index contributed by atoms with van der Waals surface area (Å²) in [4.78, 5) is 31.4. The Morgan fingerprint density at radius 1 is 1.28 bits per heavy atom.